The van der Waals surface area contributed by atoms with Crippen molar-refractivity contribution in [2.24, 2.45) is 0 Å². The third-order valence-corrected chi connectivity index (χ3v) is 6.82. The second-order valence-electron chi connectivity index (χ2n) is 8.36. The minimum atomic E-state index is -0.362. The number of fused-ring (bicyclic) bond motifs is 6. The van der Waals surface area contributed by atoms with E-state index in [4.69, 9.17) is 0 Å². The van der Waals surface area contributed by atoms with Gasteiger partial charge in [-0.05, 0) is 80.6 Å². The first kappa shape index (κ1) is 17.6. The van der Waals surface area contributed by atoms with Gasteiger partial charge in [0.1, 0.15) is 11.6 Å². The Balaban J connectivity index is 1.54. The maximum Gasteiger partial charge on any atom is 0.127 e. The van der Waals surface area contributed by atoms with Crippen LogP contribution in [-0.4, -0.2) is 0 Å². The summed E-state index contributed by atoms with van der Waals surface area (Å²) < 4.78 is 30.5. The predicted molar refractivity (Wildman–Crippen MR) is 117 cm³/mol. The van der Waals surface area contributed by atoms with Gasteiger partial charge in [0.2, 0.25) is 0 Å². The highest BCUT2D eigenvalue weighted by Crippen LogP contribution is 2.46. The fraction of sp³-hybridized carbons (Fsp3) is 0.143. The Morgan fingerprint density at radius 3 is 1.47 bits per heavy atom. The summed E-state index contributed by atoms with van der Waals surface area (Å²) in [6.45, 7) is 1.95. The van der Waals surface area contributed by atoms with Crippen LogP contribution in [0.1, 0.15) is 46.2 Å². The minimum Gasteiger partial charge on any atom is -0.207 e. The Morgan fingerprint density at radius 1 is 0.567 bits per heavy atom. The van der Waals surface area contributed by atoms with Crippen LogP contribution in [-0.2, 0) is 12.8 Å². The van der Waals surface area contributed by atoms with Crippen LogP contribution in [0.25, 0.3) is 22.3 Å². The van der Waals surface area contributed by atoms with Crippen LogP contribution in [0.2, 0.25) is 0 Å². The lowest BCUT2D eigenvalue weighted by atomic mass is 9.83. The molecule has 0 unspecified atom stereocenters. The third-order valence-electron chi connectivity index (χ3n) is 6.82. The van der Waals surface area contributed by atoms with Gasteiger partial charge in [-0.2, -0.15) is 0 Å². The molecule has 0 heterocycles. The molecule has 0 amide bonds. The van der Waals surface area contributed by atoms with Gasteiger partial charge in [0.05, 0.1) is 0 Å². The Morgan fingerprint density at radius 2 is 1.00 bits per heavy atom. The minimum absolute atomic E-state index is 0.249. The Bertz CT molecular complexity index is 1230. The van der Waals surface area contributed by atoms with Gasteiger partial charge in [0, 0.05) is 5.92 Å². The quantitative estimate of drug-likeness (QED) is 0.290. The molecular formula is C28H20F2. The van der Waals surface area contributed by atoms with Crippen molar-refractivity contribution in [2.75, 3.05) is 0 Å². The van der Waals surface area contributed by atoms with E-state index >= 15 is 8.78 Å². The van der Waals surface area contributed by atoms with Crippen molar-refractivity contribution in [1.82, 2.24) is 0 Å². The van der Waals surface area contributed by atoms with Gasteiger partial charge in [-0.15, -0.1) is 0 Å². The van der Waals surface area contributed by atoms with E-state index < -0.39 is 0 Å². The third kappa shape index (κ3) is 2.37. The summed E-state index contributed by atoms with van der Waals surface area (Å²) in [5, 5.41) is 0. The summed E-state index contributed by atoms with van der Waals surface area (Å²) in [6.07, 6.45) is 1.39. The number of hydrogen-bond donors (Lipinski definition) is 0. The van der Waals surface area contributed by atoms with Crippen molar-refractivity contribution in [1.29, 1.82) is 0 Å². The smallest absolute Gasteiger partial charge is 0.127 e. The van der Waals surface area contributed by atoms with E-state index in [9.17, 15) is 0 Å². The first-order valence-corrected chi connectivity index (χ1v) is 10.4. The second kappa shape index (κ2) is 6.37. The lowest BCUT2D eigenvalue weighted by Crippen LogP contribution is -2.09. The SMILES string of the molecule is CC(c1c(F)ccc2c1Cc1ccccc1-2)c1c(F)ccc2c1Cc1ccccc1-2. The zero-order valence-electron chi connectivity index (χ0n) is 16.7. The molecule has 2 heteroatoms. The monoisotopic (exact) mass is 394 g/mol. The summed E-state index contributed by atoms with van der Waals surface area (Å²) >= 11 is 0. The summed E-state index contributed by atoms with van der Waals surface area (Å²) in [5.74, 6) is -0.860. The predicted octanol–water partition coefficient (Wildman–Crippen LogP) is 7.26. The van der Waals surface area contributed by atoms with Crippen molar-refractivity contribution in [3.05, 3.63) is 118 Å². The molecule has 4 aromatic carbocycles. The Labute approximate surface area is 174 Å². The normalized spacial score (nSPS) is 13.2. The lowest BCUT2D eigenvalue weighted by molar-refractivity contribution is 0.577. The van der Waals surface area contributed by atoms with Crippen LogP contribution in [0.15, 0.2) is 72.8 Å². The van der Waals surface area contributed by atoms with Crippen LogP contribution in [0.5, 0.6) is 0 Å². The molecule has 0 fully saturated rings. The van der Waals surface area contributed by atoms with Crippen LogP contribution in [0.4, 0.5) is 8.78 Å². The van der Waals surface area contributed by atoms with Crippen LogP contribution >= 0.6 is 0 Å². The average molecular weight is 394 g/mol. The van der Waals surface area contributed by atoms with Gasteiger partial charge in [-0.1, -0.05) is 67.6 Å². The summed E-state index contributed by atoms with van der Waals surface area (Å²) in [7, 11) is 0. The first-order valence-electron chi connectivity index (χ1n) is 10.4. The van der Waals surface area contributed by atoms with Gasteiger partial charge in [0.25, 0.3) is 0 Å². The molecule has 0 saturated carbocycles. The Kier molecular flexibility index (Phi) is 3.73. The molecule has 0 atom stereocenters. The van der Waals surface area contributed by atoms with Crippen LogP contribution in [0, 0.1) is 11.6 Å². The molecule has 2 aliphatic carbocycles. The topological polar surface area (TPSA) is 0 Å². The molecule has 0 bridgehead atoms. The zero-order chi connectivity index (χ0) is 20.4. The molecule has 30 heavy (non-hydrogen) atoms. The number of halogens is 2. The van der Waals surface area contributed by atoms with Gasteiger partial charge in [0.15, 0.2) is 0 Å². The van der Waals surface area contributed by atoms with Crippen molar-refractivity contribution in [3.63, 3.8) is 0 Å². The molecule has 0 aliphatic heterocycles. The molecule has 146 valence electrons. The van der Waals surface area contributed by atoms with Gasteiger partial charge in [-0.25, -0.2) is 8.78 Å². The highest BCUT2D eigenvalue weighted by atomic mass is 19.1. The molecule has 4 aromatic rings. The molecule has 6 rings (SSSR count). The largest absolute Gasteiger partial charge is 0.207 e. The zero-order valence-corrected chi connectivity index (χ0v) is 16.7. The average Bonchev–Trinajstić information content (AvgIpc) is 3.31. The molecule has 0 saturated heterocycles. The van der Waals surface area contributed by atoms with Crippen molar-refractivity contribution >= 4 is 0 Å². The maximum atomic E-state index is 15.2. The van der Waals surface area contributed by atoms with E-state index in [-0.39, 0.29) is 17.6 Å². The highest BCUT2D eigenvalue weighted by Gasteiger charge is 2.31. The standard InChI is InChI=1S/C28H20F2/c1-16(27-23-14-17-6-2-4-8-19(17)21(23)10-12-25(27)29)28-24-15-18-7-3-5-9-20(18)22(24)11-13-26(28)30/h2-13,16H,14-15H2,1H3. The van der Waals surface area contributed by atoms with Crippen LogP contribution < -0.4 is 0 Å². The number of rotatable bonds is 2. The molecule has 0 N–H and O–H groups in total. The molecular weight excluding hydrogens is 374 g/mol. The van der Waals surface area contributed by atoms with Crippen molar-refractivity contribution in [3.8, 4) is 22.3 Å². The molecule has 0 radical (unpaired) electrons. The van der Waals surface area contributed by atoms with Crippen molar-refractivity contribution in [2.45, 2.75) is 25.7 Å². The molecule has 0 nitrogen and oxygen atoms in total. The van der Waals surface area contributed by atoms with Gasteiger partial charge < -0.3 is 0 Å². The summed E-state index contributed by atoms with van der Waals surface area (Å²) in [5.41, 5.74) is 10.1. The summed E-state index contributed by atoms with van der Waals surface area (Å²) in [6, 6.07) is 23.3. The fourth-order valence-electron chi connectivity index (χ4n) is 5.49. The number of benzene rings is 4. The van der Waals surface area contributed by atoms with Gasteiger partial charge in [-0.3, -0.25) is 0 Å². The fourth-order valence-corrected chi connectivity index (χ4v) is 5.49. The molecule has 2 aliphatic rings. The van der Waals surface area contributed by atoms with E-state index in [0.717, 1.165) is 33.4 Å². The summed E-state index contributed by atoms with van der Waals surface area (Å²) in [4.78, 5) is 0. The van der Waals surface area contributed by atoms with E-state index in [1.165, 1.54) is 11.1 Å². The van der Waals surface area contributed by atoms with Gasteiger partial charge >= 0.3 is 0 Å². The van der Waals surface area contributed by atoms with E-state index in [2.05, 4.69) is 24.3 Å². The van der Waals surface area contributed by atoms with E-state index in [1.54, 1.807) is 12.1 Å². The molecule has 0 aromatic heterocycles. The molecule has 0 spiro atoms. The number of hydrogen-bond acceptors (Lipinski definition) is 0. The first-order chi connectivity index (χ1) is 14.6. The highest BCUT2D eigenvalue weighted by molar-refractivity contribution is 5.80. The maximum absolute atomic E-state index is 15.2. The van der Waals surface area contributed by atoms with E-state index in [1.807, 2.05) is 43.3 Å². The lowest BCUT2D eigenvalue weighted by Gasteiger charge is -2.21. The second-order valence-corrected chi connectivity index (χ2v) is 8.36. The van der Waals surface area contributed by atoms with Crippen molar-refractivity contribution < 1.29 is 8.78 Å². The van der Waals surface area contributed by atoms with Crippen LogP contribution in [0.3, 0.4) is 0 Å². The van der Waals surface area contributed by atoms with E-state index in [0.29, 0.717) is 24.0 Å². The Hall–Kier alpha value is -3.26.